The van der Waals surface area contributed by atoms with Crippen molar-refractivity contribution in [3.05, 3.63) is 0 Å². The number of piperazine rings is 1. The summed E-state index contributed by atoms with van der Waals surface area (Å²) in [4.78, 5) is 25.8. The Morgan fingerprint density at radius 2 is 1.95 bits per heavy atom. The van der Waals surface area contributed by atoms with Crippen LogP contribution in [0.25, 0.3) is 0 Å². The van der Waals surface area contributed by atoms with Crippen molar-refractivity contribution in [2.75, 3.05) is 12.3 Å². The van der Waals surface area contributed by atoms with E-state index in [0.29, 0.717) is 12.8 Å². The Labute approximate surface area is 126 Å². The van der Waals surface area contributed by atoms with E-state index < -0.39 is 17.6 Å². The van der Waals surface area contributed by atoms with Crippen LogP contribution in [-0.4, -0.2) is 46.6 Å². The molecule has 0 aromatic heterocycles. The van der Waals surface area contributed by atoms with Gasteiger partial charge in [-0.1, -0.05) is 27.2 Å². The molecule has 21 heavy (non-hydrogen) atoms. The third-order valence-electron chi connectivity index (χ3n) is 3.69. The molecule has 3 atom stereocenters. The van der Waals surface area contributed by atoms with E-state index in [1.807, 2.05) is 13.8 Å². The normalized spacial score (nSPS) is 25.0. The van der Waals surface area contributed by atoms with E-state index >= 15 is 0 Å². The predicted octanol–water partition coefficient (Wildman–Crippen LogP) is 2.39. The van der Waals surface area contributed by atoms with Gasteiger partial charge >= 0.3 is 5.51 Å². The molecule has 1 heterocycles. The van der Waals surface area contributed by atoms with Gasteiger partial charge in [-0.15, -0.1) is 0 Å². The quantitative estimate of drug-likeness (QED) is 0.815. The molecule has 1 N–H and O–H groups in total. The lowest BCUT2D eigenvalue weighted by atomic mass is 9.93. The molecular formula is C13H21F3N2O2S. The topological polar surface area (TPSA) is 49.4 Å². The first kappa shape index (κ1) is 18.1. The molecular weight excluding hydrogens is 305 g/mol. The van der Waals surface area contributed by atoms with Crippen molar-refractivity contribution in [3.63, 3.8) is 0 Å². The van der Waals surface area contributed by atoms with Crippen LogP contribution in [0, 0.1) is 5.92 Å². The Morgan fingerprint density at radius 3 is 2.43 bits per heavy atom. The molecule has 8 heteroatoms. The van der Waals surface area contributed by atoms with E-state index in [-0.39, 0.29) is 41.8 Å². The van der Waals surface area contributed by atoms with Gasteiger partial charge in [-0.25, -0.2) is 0 Å². The van der Waals surface area contributed by atoms with E-state index in [0.717, 1.165) is 0 Å². The number of alkyl halides is 3. The zero-order chi connectivity index (χ0) is 16.2. The minimum atomic E-state index is -4.32. The highest BCUT2D eigenvalue weighted by molar-refractivity contribution is 8.00. The molecule has 1 aliphatic rings. The van der Waals surface area contributed by atoms with Gasteiger partial charge in [-0.05, 0) is 24.1 Å². The van der Waals surface area contributed by atoms with Crippen LogP contribution in [0.1, 0.15) is 33.6 Å². The number of hydrogen-bond acceptors (Lipinski definition) is 3. The fourth-order valence-corrected chi connectivity index (χ4v) is 2.89. The van der Waals surface area contributed by atoms with Crippen molar-refractivity contribution >= 4 is 23.6 Å². The van der Waals surface area contributed by atoms with Gasteiger partial charge in [0.25, 0.3) is 0 Å². The molecule has 0 aliphatic carbocycles. The number of nitrogens with zero attached hydrogens (tertiary/aromatic N) is 1. The highest BCUT2D eigenvalue weighted by Gasteiger charge is 2.42. The molecule has 0 bridgehead atoms. The first-order chi connectivity index (χ1) is 9.71. The Bertz CT molecular complexity index is 390. The van der Waals surface area contributed by atoms with E-state index in [1.165, 1.54) is 4.90 Å². The van der Waals surface area contributed by atoms with E-state index in [4.69, 9.17) is 0 Å². The Hall–Kier alpha value is -0.920. The molecule has 0 saturated carbocycles. The number of thioether (sulfide) groups is 1. The lowest BCUT2D eigenvalue weighted by Gasteiger charge is -2.41. The summed E-state index contributed by atoms with van der Waals surface area (Å²) in [6.45, 7) is 5.40. The predicted molar refractivity (Wildman–Crippen MR) is 75.7 cm³/mol. The number of nitrogens with one attached hydrogen (secondary N) is 1. The van der Waals surface area contributed by atoms with Gasteiger partial charge in [0.15, 0.2) is 0 Å². The number of amides is 2. The minimum absolute atomic E-state index is 0.0675. The van der Waals surface area contributed by atoms with Crippen LogP contribution in [-0.2, 0) is 9.59 Å². The van der Waals surface area contributed by atoms with Crippen LogP contribution in [0.3, 0.4) is 0 Å². The molecule has 1 fully saturated rings. The summed E-state index contributed by atoms with van der Waals surface area (Å²) in [5.74, 6) is -0.910. The van der Waals surface area contributed by atoms with Crippen molar-refractivity contribution < 1.29 is 22.8 Å². The van der Waals surface area contributed by atoms with E-state index in [9.17, 15) is 22.8 Å². The lowest BCUT2D eigenvalue weighted by molar-refractivity contribution is -0.151. The summed E-state index contributed by atoms with van der Waals surface area (Å²) >= 11 is -0.165. The van der Waals surface area contributed by atoms with Crippen LogP contribution >= 0.6 is 11.8 Å². The third-order valence-corrected chi connectivity index (χ3v) is 4.41. The van der Waals surface area contributed by atoms with Crippen LogP contribution < -0.4 is 5.32 Å². The Kier molecular flexibility index (Phi) is 6.37. The summed E-state index contributed by atoms with van der Waals surface area (Å²) in [7, 11) is 0. The average Bonchev–Trinajstić information content (AvgIpc) is 2.40. The molecule has 122 valence electrons. The van der Waals surface area contributed by atoms with Gasteiger partial charge in [0.05, 0.1) is 0 Å². The van der Waals surface area contributed by atoms with Crippen LogP contribution in [0.2, 0.25) is 0 Å². The summed E-state index contributed by atoms with van der Waals surface area (Å²) in [6.07, 6.45) is 1.10. The number of halogens is 3. The summed E-state index contributed by atoms with van der Waals surface area (Å²) in [6, 6.07) is -1.31. The van der Waals surface area contributed by atoms with Crippen molar-refractivity contribution in [2.45, 2.75) is 51.2 Å². The maximum atomic E-state index is 12.3. The smallest absolute Gasteiger partial charge is 0.343 e. The van der Waals surface area contributed by atoms with Gasteiger partial charge in [-0.2, -0.15) is 13.2 Å². The van der Waals surface area contributed by atoms with E-state index in [1.54, 1.807) is 6.92 Å². The Morgan fingerprint density at radius 1 is 1.33 bits per heavy atom. The average molecular weight is 326 g/mol. The molecule has 0 spiro atoms. The monoisotopic (exact) mass is 326 g/mol. The van der Waals surface area contributed by atoms with Crippen LogP contribution in [0.15, 0.2) is 0 Å². The molecule has 3 unspecified atom stereocenters. The zero-order valence-corrected chi connectivity index (χ0v) is 13.2. The second kappa shape index (κ2) is 7.38. The van der Waals surface area contributed by atoms with E-state index in [2.05, 4.69) is 5.32 Å². The van der Waals surface area contributed by atoms with Crippen molar-refractivity contribution in [2.24, 2.45) is 5.92 Å². The minimum Gasteiger partial charge on any atom is -0.343 e. The summed E-state index contributed by atoms with van der Waals surface area (Å²) < 4.78 is 36.7. The van der Waals surface area contributed by atoms with Crippen molar-refractivity contribution in [1.82, 2.24) is 10.2 Å². The maximum absolute atomic E-state index is 12.3. The second-order valence-electron chi connectivity index (χ2n) is 5.13. The fourth-order valence-electron chi connectivity index (χ4n) is 2.37. The fraction of sp³-hybridized carbons (Fsp3) is 0.846. The van der Waals surface area contributed by atoms with Gasteiger partial charge in [0.1, 0.15) is 12.1 Å². The van der Waals surface area contributed by atoms with Gasteiger partial charge < -0.3 is 10.2 Å². The number of rotatable bonds is 6. The molecule has 4 nitrogen and oxygen atoms in total. The molecule has 0 radical (unpaired) electrons. The summed E-state index contributed by atoms with van der Waals surface area (Å²) in [5, 5.41) is 2.66. The molecule has 2 amide bonds. The molecule has 1 saturated heterocycles. The largest absolute Gasteiger partial charge is 0.441 e. The SMILES string of the molecule is CCC1NC(=O)C(C(C)CC)N(CCSC(F)(F)F)C1=O. The highest BCUT2D eigenvalue weighted by atomic mass is 32.2. The molecule has 1 rings (SSSR count). The number of carbonyl (C=O) groups excluding carboxylic acids is 2. The van der Waals surface area contributed by atoms with Crippen LogP contribution in [0.5, 0.6) is 0 Å². The van der Waals surface area contributed by atoms with Crippen molar-refractivity contribution in [3.8, 4) is 0 Å². The van der Waals surface area contributed by atoms with Crippen molar-refractivity contribution in [1.29, 1.82) is 0 Å². The molecule has 0 aromatic carbocycles. The highest BCUT2D eigenvalue weighted by Crippen LogP contribution is 2.30. The first-order valence-electron chi connectivity index (χ1n) is 7.02. The third kappa shape index (κ3) is 4.79. The maximum Gasteiger partial charge on any atom is 0.441 e. The Balaban J connectivity index is 2.83. The molecule has 0 aromatic rings. The second-order valence-corrected chi connectivity index (χ2v) is 6.29. The standard InChI is InChI=1S/C13H21F3N2O2S/c1-4-8(3)10-11(19)17-9(5-2)12(20)18(10)6-7-21-13(14,15)16/h8-10H,4-7H2,1-3H3,(H,17,19). The van der Waals surface area contributed by atoms with Crippen LogP contribution in [0.4, 0.5) is 13.2 Å². The first-order valence-corrected chi connectivity index (χ1v) is 8.01. The number of carbonyl (C=O) groups is 2. The van der Waals surface area contributed by atoms with Gasteiger partial charge in [0.2, 0.25) is 11.8 Å². The lowest BCUT2D eigenvalue weighted by Crippen LogP contribution is -2.65. The van der Waals surface area contributed by atoms with Gasteiger partial charge in [-0.3, -0.25) is 9.59 Å². The summed E-state index contributed by atoms with van der Waals surface area (Å²) in [5.41, 5.74) is -4.32. The number of hydrogen-bond donors (Lipinski definition) is 1. The zero-order valence-electron chi connectivity index (χ0n) is 12.4. The van der Waals surface area contributed by atoms with Gasteiger partial charge in [0, 0.05) is 12.3 Å². The molecule has 1 aliphatic heterocycles.